The molecular formula is C17H19BF2O2. The number of fused-ring (bicyclic) bond motifs is 1. The van der Waals surface area contributed by atoms with Crippen molar-refractivity contribution in [3.63, 3.8) is 0 Å². The van der Waals surface area contributed by atoms with Crippen molar-refractivity contribution in [1.82, 2.24) is 0 Å². The molecule has 0 aromatic heterocycles. The van der Waals surface area contributed by atoms with E-state index in [0.29, 0.717) is 10.8 Å². The maximum atomic E-state index is 14.3. The second-order valence-corrected chi connectivity index (χ2v) is 6.90. The van der Waals surface area contributed by atoms with E-state index in [0.717, 1.165) is 11.6 Å². The predicted octanol–water partition coefficient (Wildman–Crippen LogP) is 3.73. The Morgan fingerprint density at radius 2 is 1.55 bits per heavy atom. The third-order valence-electron chi connectivity index (χ3n) is 4.69. The predicted molar refractivity (Wildman–Crippen MR) is 84.3 cm³/mol. The van der Waals surface area contributed by atoms with Crippen LogP contribution in [-0.4, -0.2) is 18.3 Å². The number of hydrogen-bond acceptors (Lipinski definition) is 2. The zero-order chi connectivity index (χ0) is 16.3. The molecule has 116 valence electrons. The standard InChI is InChI=1S/C17H19BF2O2/c1-10-8-11-6-7-13(19)15(20)14(11)12(9-10)18-21-16(2,3)17(4,5)22-18/h6-9H,1-5H3. The summed E-state index contributed by atoms with van der Waals surface area (Å²) in [7, 11) is -0.719. The molecule has 0 atom stereocenters. The first-order valence-corrected chi connectivity index (χ1v) is 7.36. The van der Waals surface area contributed by atoms with Crippen LogP contribution in [0.5, 0.6) is 0 Å². The van der Waals surface area contributed by atoms with E-state index in [-0.39, 0.29) is 5.39 Å². The number of halogens is 2. The number of aryl methyl sites for hydroxylation is 1. The molecule has 0 spiro atoms. The van der Waals surface area contributed by atoms with Crippen LogP contribution in [0.2, 0.25) is 0 Å². The zero-order valence-corrected chi connectivity index (χ0v) is 13.5. The highest BCUT2D eigenvalue weighted by molar-refractivity contribution is 6.65. The van der Waals surface area contributed by atoms with Crippen molar-refractivity contribution < 1.29 is 18.1 Å². The van der Waals surface area contributed by atoms with Crippen LogP contribution in [0.3, 0.4) is 0 Å². The second kappa shape index (κ2) is 4.77. The molecule has 1 fully saturated rings. The Labute approximate surface area is 129 Å². The lowest BCUT2D eigenvalue weighted by molar-refractivity contribution is 0.00578. The van der Waals surface area contributed by atoms with Gasteiger partial charge in [0.25, 0.3) is 0 Å². The van der Waals surface area contributed by atoms with Gasteiger partial charge in [0.05, 0.1) is 11.2 Å². The van der Waals surface area contributed by atoms with Gasteiger partial charge in [-0.05, 0) is 51.5 Å². The first kappa shape index (κ1) is 15.4. The fourth-order valence-electron chi connectivity index (χ4n) is 2.74. The van der Waals surface area contributed by atoms with Crippen molar-refractivity contribution in [2.45, 2.75) is 45.8 Å². The monoisotopic (exact) mass is 304 g/mol. The third-order valence-corrected chi connectivity index (χ3v) is 4.69. The van der Waals surface area contributed by atoms with E-state index in [1.165, 1.54) is 0 Å². The maximum Gasteiger partial charge on any atom is 0.495 e. The molecule has 2 nitrogen and oxygen atoms in total. The van der Waals surface area contributed by atoms with Gasteiger partial charge in [0.2, 0.25) is 0 Å². The molecule has 0 bridgehead atoms. The topological polar surface area (TPSA) is 18.5 Å². The van der Waals surface area contributed by atoms with Gasteiger partial charge in [0, 0.05) is 5.39 Å². The van der Waals surface area contributed by atoms with E-state index in [1.54, 1.807) is 12.1 Å². The summed E-state index contributed by atoms with van der Waals surface area (Å²) in [5.74, 6) is -1.73. The summed E-state index contributed by atoms with van der Waals surface area (Å²) in [6.45, 7) is 9.64. The Morgan fingerprint density at radius 3 is 2.14 bits per heavy atom. The Kier molecular flexibility index (Phi) is 3.35. The highest BCUT2D eigenvalue weighted by Gasteiger charge is 2.52. The van der Waals surface area contributed by atoms with Crippen LogP contribution >= 0.6 is 0 Å². The number of benzene rings is 2. The summed E-state index contributed by atoms with van der Waals surface area (Å²) in [4.78, 5) is 0. The fourth-order valence-corrected chi connectivity index (χ4v) is 2.74. The number of rotatable bonds is 1. The minimum Gasteiger partial charge on any atom is -0.399 e. The van der Waals surface area contributed by atoms with E-state index in [2.05, 4.69) is 0 Å². The molecular weight excluding hydrogens is 285 g/mol. The zero-order valence-electron chi connectivity index (χ0n) is 13.5. The van der Waals surface area contributed by atoms with Gasteiger partial charge in [-0.25, -0.2) is 8.78 Å². The van der Waals surface area contributed by atoms with Crippen molar-refractivity contribution in [3.05, 3.63) is 41.5 Å². The van der Waals surface area contributed by atoms with Gasteiger partial charge in [-0.3, -0.25) is 0 Å². The van der Waals surface area contributed by atoms with Crippen molar-refractivity contribution >= 4 is 23.4 Å². The largest absolute Gasteiger partial charge is 0.495 e. The van der Waals surface area contributed by atoms with Crippen LogP contribution in [0.25, 0.3) is 10.8 Å². The summed E-state index contributed by atoms with van der Waals surface area (Å²) < 4.78 is 40.0. The van der Waals surface area contributed by atoms with E-state index < -0.39 is 30.0 Å². The van der Waals surface area contributed by atoms with Gasteiger partial charge in [-0.15, -0.1) is 0 Å². The third kappa shape index (κ3) is 2.23. The first-order chi connectivity index (χ1) is 10.1. The van der Waals surface area contributed by atoms with Gasteiger partial charge in [-0.1, -0.05) is 23.8 Å². The molecule has 3 rings (SSSR count). The van der Waals surface area contributed by atoms with E-state index in [9.17, 15) is 8.78 Å². The highest BCUT2D eigenvalue weighted by Crippen LogP contribution is 2.37. The fraction of sp³-hybridized carbons (Fsp3) is 0.412. The second-order valence-electron chi connectivity index (χ2n) is 6.90. The van der Waals surface area contributed by atoms with Crippen LogP contribution in [0.4, 0.5) is 8.78 Å². The molecule has 0 unspecified atom stereocenters. The molecule has 0 saturated carbocycles. The van der Waals surface area contributed by atoms with Crippen molar-refractivity contribution in [2.24, 2.45) is 0 Å². The van der Waals surface area contributed by atoms with Gasteiger partial charge >= 0.3 is 7.12 Å². The normalized spacial score (nSPS) is 19.9. The molecule has 2 aromatic rings. The van der Waals surface area contributed by atoms with Crippen LogP contribution in [-0.2, 0) is 9.31 Å². The highest BCUT2D eigenvalue weighted by atomic mass is 19.2. The van der Waals surface area contributed by atoms with Crippen LogP contribution in [0.15, 0.2) is 24.3 Å². The Hall–Kier alpha value is -1.46. The van der Waals surface area contributed by atoms with E-state index in [4.69, 9.17) is 9.31 Å². The molecule has 1 heterocycles. The van der Waals surface area contributed by atoms with Gasteiger partial charge in [0.1, 0.15) is 0 Å². The molecule has 0 amide bonds. The molecule has 1 aliphatic heterocycles. The van der Waals surface area contributed by atoms with Crippen LogP contribution in [0, 0.1) is 18.6 Å². The molecule has 0 radical (unpaired) electrons. The van der Waals surface area contributed by atoms with Crippen molar-refractivity contribution in [3.8, 4) is 0 Å². The van der Waals surface area contributed by atoms with Gasteiger partial charge in [0.15, 0.2) is 11.6 Å². The average molecular weight is 304 g/mol. The average Bonchev–Trinajstić information content (AvgIpc) is 2.62. The molecule has 1 saturated heterocycles. The van der Waals surface area contributed by atoms with E-state index in [1.807, 2.05) is 40.7 Å². The molecule has 22 heavy (non-hydrogen) atoms. The molecule has 0 aliphatic carbocycles. The minimum atomic E-state index is -0.867. The van der Waals surface area contributed by atoms with Crippen LogP contribution in [0.1, 0.15) is 33.3 Å². The summed E-state index contributed by atoms with van der Waals surface area (Å²) in [6.07, 6.45) is 0. The molecule has 2 aromatic carbocycles. The Balaban J connectivity index is 2.22. The summed E-state index contributed by atoms with van der Waals surface area (Å²) >= 11 is 0. The maximum absolute atomic E-state index is 14.3. The van der Waals surface area contributed by atoms with Crippen molar-refractivity contribution in [1.29, 1.82) is 0 Å². The lowest BCUT2D eigenvalue weighted by atomic mass is 9.75. The SMILES string of the molecule is Cc1cc(B2OC(C)(C)C(C)(C)O2)c2c(F)c(F)ccc2c1. The van der Waals surface area contributed by atoms with Crippen molar-refractivity contribution in [2.75, 3.05) is 0 Å². The lowest BCUT2D eigenvalue weighted by Crippen LogP contribution is -2.41. The lowest BCUT2D eigenvalue weighted by Gasteiger charge is -2.32. The summed E-state index contributed by atoms with van der Waals surface area (Å²) in [5, 5.41) is 0.868. The summed E-state index contributed by atoms with van der Waals surface area (Å²) in [6, 6.07) is 6.35. The molecule has 5 heteroatoms. The van der Waals surface area contributed by atoms with Gasteiger partial charge in [-0.2, -0.15) is 0 Å². The minimum absolute atomic E-state index is 0.226. The quantitative estimate of drug-likeness (QED) is 0.748. The summed E-state index contributed by atoms with van der Waals surface area (Å²) in [5.41, 5.74) is 0.420. The molecule has 0 N–H and O–H groups in total. The van der Waals surface area contributed by atoms with Crippen LogP contribution < -0.4 is 5.46 Å². The number of hydrogen-bond donors (Lipinski definition) is 0. The molecule has 1 aliphatic rings. The van der Waals surface area contributed by atoms with E-state index >= 15 is 0 Å². The Bertz CT molecular complexity index is 740. The Morgan fingerprint density at radius 1 is 0.955 bits per heavy atom. The van der Waals surface area contributed by atoms with Gasteiger partial charge < -0.3 is 9.31 Å². The smallest absolute Gasteiger partial charge is 0.399 e. The first-order valence-electron chi connectivity index (χ1n) is 7.36.